The Morgan fingerprint density at radius 1 is 1.26 bits per heavy atom. The lowest BCUT2D eigenvalue weighted by molar-refractivity contribution is -0.394. The van der Waals surface area contributed by atoms with E-state index >= 15 is 0 Å². The molecule has 1 rings (SSSR count). The molecule has 23 heavy (non-hydrogen) atoms. The lowest BCUT2D eigenvalue weighted by Crippen LogP contribution is -2.34. The molecule has 2 atom stereocenters. The van der Waals surface area contributed by atoms with Gasteiger partial charge in [-0.2, -0.15) is 0 Å². The highest BCUT2D eigenvalue weighted by atomic mass is 16.6. The van der Waals surface area contributed by atoms with E-state index in [9.17, 15) is 30.1 Å². The molecule has 1 N–H and O–H groups in total. The van der Waals surface area contributed by atoms with Crippen LogP contribution >= 0.6 is 0 Å². The van der Waals surface area contributed by atoms with E-state index in [-0.39, 0.29) is 17.9 Å². The zero-order valence-corrected chi connectivity index (χ0v) is 13.5. The van der Waals surface area contributed by atoms with Gasteiger partial charge < -0.3 is 5.11 Å². The molecule has 0 fully saturated rings. The second-order valence-electron chi connectivity index (χ2n) is 5.74. The Morgan fingerprint density at radius 3 is 2.17 bits per heavy atom. The van der Waals surface area contributed by atoms with Crippen molar-refractivity contribution in [2.24, 2.45) is 0 Å². The number of rotatable bonds is 7. The Kier molecular flexibility index (Phi) is 5.42. The van der Waals surface area contributed by atoms with Crippen LogP contribution in [0.1, 0.15) is 57.6 Å². The molecular formula is C15H20N2O6. The minimum absolute atomic E-state index is 0.0532. The molecule has 0 amide bonds. The lowest BCUT2D eigenvalue weighted by Gasteiger charge is -2.27. The monoisotopic (exact) mass is 324 g/mol. The highest BCUT2D eigenvalue weighted by Crippen LogP contribution is 2.43. The number of benzene rings is 1. The van der Waals surface area contributed by atoms with E-state index in [1.165, 1.54) is 13.0 Å². The Morgan fingerprint density at radius 2 is 1.83 bits per heavy atom. The van der Waals surface area contributed by atoms with Gasteiger partial charge in [0.2, 0.25) is 0 Å². The molecule has 1 aromatic rings. The summed E-state index contributed by atoms with van der Waals surface area (Å²) in [6.07, 6.45) is 0.704. The van der Waals surface area contributed by atoms with Crippen LogP contribution in [-0.4, -0.2) is 20.9 Å². The van der Waals surface area contributed by atoms with Gasteiger partial charge in [0, 0.05) is 6.07 Å². The molecule has 8 nitrogen and oxygen atoms in total. The summed E-state index contributed by atoms with van der Waals surface area (Å²) in [7, 11) is 0. The van der Waals surface area contributed by atoms with Crippen LogP contribution in [0.5, 0.6) is 0 Å². The molecule has 0 aliphatic heterocycles. The minimum atomic E-state index is -1.49. The maximum Gasteiger partial charge on any atom is 0.314 e. The fraction of sp³-hybridized carbons (Fsp3) is 0.533. The molecular weight excluding hydrogens is 304 g/mol. The van der Waals surface area contributed by atoms with E-state index in [0.29, 0.717) is 12.0 Å². The van der Waals surface area contributed by atoms with Crippen molar-refractivity contribution in [2.45, 2.75) is 51.9 Å². The van der Waals surface area contributed by atoms with Gasteiger partial charge in [0.15, 0.2) is 0 Å². The van der Waals surface area contributed by atoms with E-state index < -0.39 is 32.6 Å². The summed E-state index contributed by atoms with van der Waals surface area (Å²) >= 11 is 0. The van der Waals surface area contributed by atoms with E-state index in [1.807, 2.05) is 6.92 Å². The summed E-state index contributed by atoms with van der Waals surface area (Å²) < 4.78 is 0. The zero-order chi connectivity index (χ0) is 17.9. The van der Waals surface area contributed by atoms with Gasteiger partial charge in [-0.15, -0.1) is 0 Å². The zero-order valence-electron chi connectivity index (χ0n) is 13.5. The number of carboxylic acid groups (broad SMARTS) is 1. The number of hydrogen-bond donors (Lipinski definition) is 1. The normalized spacial score (nSPS) is 14.8. The van der Waals surface area contributed by atoms with Crippen molar-refractivity contribution in [3.05, 3.63) is 43.5 Å². The van der Waals surface area contributed by atoms with Gasteiger partial charge in [-0.3, -0.25) is 25.0 Å². The van der Waals surface area contributed by atoms with Crippen molar-refractivity contribution in [1.29, 1.82) is 0 Å². The maximum absolute atomic E-state index is 11.8. The van der Waals surface area contributed by atoms with Crippen molar-refractivity contribution >= 4 is 17.3 Å². The number of carboxylic acids is 1. The third kappa shape index (κ3) is 3.30. The number of non-ortho nitro benzene ring substituents is 1. The molecule has 0 bridgehead atoms. The highest BCUT2D eigenvalue weighted by Gasteiger charge is 2.42. The summed E-state index contributed by atoms with van der Waals surface area (Å²) in [5.74, 6) is -1.43. The number of nitrogens with zero attached hydrogens (tertiary/aromatic N) is 2. The molecule has 0 saturated carbocycles. The molecule has 0 heterocycles. The number of nitro benzene ring substituents is 2. The Labute approximate surface area is 133 Å². The standard InChI is InChI=1S/C15H20N2O6/c1-5-9(3)11-7-10(16(20)21)8-12(17(22)23)13(11)15(4,6-2)14(18)19/h7-9H,5-6H2,1-4H3,(H,18,19). The second kappa shape index (κ2) is 6.72. The largest absolute Gasteiger partial charge is 0.481 e. The van der Waals surface area contributed by atoms with Gasteiger partial charge in [0.25, 0.3) is 11.4 Å². The molecule has 0 aromatic heterocycles. The third-order valence-corrected chi connectivity index (χ3v) is 4.41. The average Bonchev–Trinajstić information content (AvgIpc) is 2.51. The first-order valence-electron chi connectivity index (χ1n) is 7.30. The number of hydrogen-bond acceptors (Lipinski definition) is 5. The van der Waals surface area contributed by atoms with Crippen LogP contribution in [0.4, 0.5) is 11.4 Å². The van der Waals surface area contributed by atoms with Gasteiger partial charge in [-0.1, -0.05) is 20.8 Å². The molecule has 0 aliphatic carbocycles. The second-order valence-corrected chi connectivity index (χ2v) is 5.74. The van der Waals surface area contributed by atoms with Crippen LogP contribution in [0.25, 0.3) is 0 Å². The summed E-state index contributed by atoms with van der Waals surface area (Å²) in [5.41, 5.74) is -2.01. The molecule has 0 spiro atoms. The van der Waals surface area contributed by atoms with Crippen molar-refractivity contribution < 1.29 is 19.7 Å². The van der Waals surface area contributed by atoms with Crippen molar-refractivity contribution in [2.75, 3.05) is 0 Å². The van der Waals surface area contributed by atoms with Gasteiger partial charge in [-0.25, -0.2) is 0 Å². The molecule has 126 valence electrons. The fourth-order valence-corrected chi connectivity index (χ4v) is 2.53. The Hall–Kier alpha value is -2.51. The molecule has 1 aromatic carbocycles. The highest BCUT2D eigenvalue weighted by molar-refractivity contribution is 5.84. The van der Waals surface area contributed by atoms with Crippen molar-refractivity contribution in [3.63, 3.8) is 0 Å². The van der Waals surface area contributed by atoms with Gasteiger partial charge in [0.05, 0.1) is 26.9 Å². The van der Waals surface area contributed by atoms with Crippen LogP contribution < -0.4 is 0 Å². The van der Waals surface area contributed by atoms with Crippen LogP contribution in [0.2, 0.25) is 0 Å². The smallest absolute Gasteiger partial charge is 0.314 e. The summed E-state index contributed by atoms with van der Waals surface area (Å²) in [6.45, 7) is 6.64. The molecule has 0 radical (unpaired) electrons. The van der Waals surface area contributed by atoms with E-state index in [2.05, 4.69) is 0 Å². The topological polar surface area (TPSA) is 124 Å². The van der Waals surface area contributed by atoms with Crippen LogP contribution in [0.15, 0.2) is 12.1 Å². The third-order valence-electron chi connectivity index (χ3n) is 4.41. The first-order chi connectivity index (χ1) is 10.6. The van der Waals surface area contributed by atoms with Crippen molar-refractivity contribution in [3.8, 4) is 0 Å². The lowest BCUT2D eigenvalue weighted by atomic mass is 9.74. The van der Waals surface area contributed by atoms with E-state index in [0.717, 1.165) is 6.07 Å². The molecule has 8 heteroatoms. The Balaban J connectivity index is 3.94. The van der Waals surface area contributed by atoms with Crippen LogP contribution in [-0.2, 0) is 10.2 Å². The number of carbonyl (C=O) groups is 1. The van der Waals surface area contributed by atoms with Crippen LogP contribution in [0.3, 0.4) is 0 Å². The quantitative estimate of drug-likeness (QED) is 0.601. The summed E-state index contributed by atoms with van der Waals surface area (Å²) in [5, 5.41) is 32.1. The summed E-state index contributed by atoms with van der Waals surface area (Å²) in [4.78, 5) is 32.8. The molecule has 2 unspecified atom stereocenters. The number of nitro groups is 2. The SMILES string of the molecule is CCC(C)c1cc([N+](=O)[O-])cc([N+](=O)[O-])c1C(C)(CC)C(=O)O. The van der Waals surface area contributed by atoms with Crippen LogP contribution in [0, 0.1) is 20.2 Å². The van der Waals surface area contributed by atoms with Gasteiger partial charge >= 0.3 is 5.97 Å². The predicted molar refractivity (Wildman–Crippen MR) is 83.7 cm³/mol. The first kappa shape index (κ1) is 18.5. The van der Waals surface area contributed by atoms with E-state index in [1.54, 1.807) is 13.8 Å². The average molecular weight is 324 g/mol. The molecule has 0 aliphatic rings. The number of aliphatic carboxylic acids is 1. The predicted octanol–water partition coefficient (Wildman–Crippen LogP) is 3.77. The maximum atomic E-state index is 11.8. The van der Waals surface area contributed by atoms with Crippen molar-refractivity contribution in [1.82, 2.24) is 0 Å². The first-order valence-corrected chi connectivity index (χ1v) is 7.30. The molecule has 0 saturated heterocycles. The summed E-state index contributed by atoms with van der Waals surface area (Å²) in [6, 6.07) is 2.10. The fourth-order valence-electron chi connectivity index (χ4n) is 2.53. The van der Waals surface area contributed by atoms with Gasteiger partial charge in [-0.05, 0) is 31.2 Å². The minimum Gasteiger partial charge on any atom is -0.481 e. The van der Waals surface area contributed by atoms with Gasteiger partial charge in [0.1, 0.15) is 0 Å². The van der Waals surface area contributed by atoms with E-state index in [4.69, 9.17) is 0 Å². The Bertz CT molecular complexity index is 658.